The first-order valence-corrected chi connectivity index (χ1v) is 7.53. The van der Waals surface area contributed by atoms with Crippen molar-refractivity contribution in [3.05, 3.63) is 12.4 Å². The van der Waals surface area contributed by atoms with Crippen LogP contribution in [-0.2, 0) is 0 Å². The Kier molecular flexibility index (Phi) is 5.00. The molecule has 1 heterocycles. The van der Waals surface area contributed by atoms with E-state index in [0.29, 0.717) is 12.0 Å². The second kappa shape index (κ2) is 6.73. The average Bonchev–Trinajstić information content (AvgIpc) is 2.42. The Labute approximate surface area is 116 Å². The summed E-state index contributed by atoms with van der Waals surface area (Å²) in [6.45, 7) is 7.78. The normalized spacial score (nSPS) is 27.0. The molecule has 0 radical (unpaired) electrons. The monoisotopic (exact) mass is 262 g/mol. The Morgan fingerprint density at radius 2 is 2.00 bits per heavy atom. The Hall–Kier alpha value is -1.32. The lowest BCUT2D eigenvalue weighted by Crippen LogP contribution is -2.35. The maximum atomic E-state index is 4.58. The zero-order valence-electron chi connectivity index (χ0n) is 12.3. The molecule has 1 aromatic heterocycles. The summed E-state index contributed by atoms with van der Waals surface area (Å²) in [5, 5.41) is 6.84. The molecule has 3 atom stereocenters. The summed E-state index contributed by atoms with van der Waals surface area (Å²) < 4.78 is 0. The van der Waals surface area contributed by atoms with Gasteiger partial charge in [-0.2, -0.15) is 0 Å². The van der Waals surface area contributed by atoms with Crippen LogP contribution in [0.4, 0.5) is 11.6 Å². The van der Waals surface area contributed by atoms with Gasteiger partial charge in [-0.15, -0.1) is 0 Å². The Morgan fingerprint density at radius 1 is 1.21 bits per heavy atom. The van der Waals surface area contributed by atoms with Crippen LogP contribution in [0.15, 0.2) is 12.4 Å². The van der Waals surface area contributed by atoms with Gasteiger partial charge in [0.15, 0.2) is 0 Å². The van der Waals surface area contributed by atoms with Gasteiger partial charge >= 0.3 is 0 Å². The van der Waals surface area contributed by atoms with Gasteiger partial charge < -0.3 is 10.6 Å². The molecule has 1 aliphatic carbocycles. The van der Waals surface area contributed by atoms with Crippen LogP contribution >= 0.6 is 0 Å². The first-order valence-electron chi connectivity index (χ1n) is 7.53. The third kappa shape index (κ3) is 3.82. The van der Waals surface area contributed by atoms with Gasteiger partial charge in [0.2, 0.25) is 0 Å². The molecule has 0 spiro atoms. The third-order valence-corrected chi connectivity index (χ3v) is 4.23. The van der Waals surface area contributed by atoms with Crippen LogP contribution in [-0.4, -0.2) is 22.6 Å². The number of anilines is 2. The maximum absolute atomic E-state index is 4.58. The van der Waals surface area contributed by atoms with E-state index in [4.69, 9.17) is 0 Å². The molecule has 4 nitrogen and oxygen atoms in total. The molecule has 2 N–H and O–H groups in total. The van der Waals surface area contributed by atoms with Gasteiger partial charge in [-0.1, -0.05) is 33.6 Å². The topological polar surface area (TPSA) is 49.8 Å². The highest BCUT2D eigenvalue weighted by molar-refractivity contribution is 5.42. The van der Waals surface area contributed by atoms with Crippen LogP contribution in [0.1, 0.15) is 46.5 Å². The summed E-state index contributed by atoms with van der Waals surface area (Å²) in [4.78, 5) is 8.84. The van der Waals surface area contributed by atoms with Crippen LogP contribution in [0.5, 0.6) is 0 Å². The fraction of sp³-hybridized carbons (Fsp3) is 0.733. The SMILES string of the molecule is CCCNc1cncc(NC2CCCC(C)C2C)n1. The molecule has 4 heteroatoms. The highest BCUT2D eigenvalue weighted by atomic mass is 15.1. The largest absolute Gasteiger partial charge is 0.369 e. The summed E-state index contributed by atoms with van der Waals surface area (Å²) >= 11 is 0. The average molecular weight is 262 g/mol. The Bertz CT molecular complexity index is 393. The molecular weight excluding hydrogens is 236 g/mol. The summed E-state index contributed by atoms with van der Waals surface area (Å²) in [5.41, 5.74) is 0. The van der Waals surface area contributed by atoms with Gasteiger partial charge in [0.25, 0.3) is 0 Å². The highest BCUT2D eigenvalue weighted by Crippen LogP contribution is 2.31. The molecule has 2 rings (SSSR count). The van der Waals surface area contributed by atoms with Gasteiger partial charge in [0.05, 0.1) is 12.4 Å². The summed E-state index contributed by atoms with van der Waals surface area (Å²) in [7, 11) is 0. The number of nitrogens with one attached hydrogen (secondary N) is 2. The lowest BCUT2D eigenvalue weighted by molar-refractivity contribution is 0.253. The van der Waals surface area contributed by atoms with Gasteiger partial charge in [-0.3, -0.25) is 4.98 Å². The van der Waals surface area contributed by atoms with Gasteiger partial charge in [0, 0.05) is 12.6 Å². The predicted molar refractivity (Wildman–Crippen MR) is 80.4 cm³/mol. The van der Waals surface area contributed by atoms with E-state index in [0.717, 1.165) is 30.5 Å². The molecule has 0 aliphatic heterocycles. The zero-order chi connectivity index (χ0) is 13.7. The first-order chi connectivity index (χ1) is 9.20. The molecule has 1 aliphatic rings. The minimum absolute atomic E-state index is 0.527. The molecule has 0 saturated heterocycles. The predicted octanol–water partition coefficient (Wildman–Crippen LogP) is 3.54. The lowest BCUT2D eigenvalue weighted by atomic mass is 9.78. The fourth-order valence-electron chi connectivity index (χ4n) is 2.75. The molecule has 1 saturated carbocycles. The van der Waals surface area contributed by atoms with Crippen LogP contribution in [0.2, 0.25) is 0 Å². The molecule has 3 unspecified atom stereocenters. The molecular formula is C15H26N4. The van der Waals surface area contributed by atoms with Crippen LogP contribution in [0.3, 0.4) is 0 Å². The van der Waals surface area contributed by atoms with Crippen LogP contribution in [0.25, 0.3) is 0 Å². The molecule has 19 heavy (non-hydrogen) atoms. The minimum Gasteiger partial charge on any atom is -0.369 e. The second-order valence-corrected chi connectivity index (χ2v) is 5.73. The molecule has 0 aromatic carbocycles. The molecule has 1 aromatic rings. The summed E-state index contributed by atoms with van der Waals surface area (Å²) in [6.07, 6.45) is 8.60. The van der Waals surface area contributed by atoms with Gasteiger partial charge in [0.1, 0.15) is 11.6 Å². The van der Waals surface area contributed by atoms with E-state index in [1.807, 2.05) is 6.20 Å². The second-order valence-electron chi connectivity index (χ2n) is 5.73. The molecule has 1 fully saturated rings. The first kappa shape index (κ1) is 14.1. The van der Waals surface area contributed by atoms with Crippen molar-refractivity contribution in [2.45, 2.75) is 52.5 Å². The standard InChI is InChI=1S/C15H26N4/c1-4-8-17-14-9-16-10-15(19-14)18-13-7-5-6-11(2)12(13)3/h9-13H,4-8H2,1-3H3,(H2,17,18,19). The number of nitrogens with zero attached hydrogens (tertiary/aromatic N) is 2. The number of aromatic nitrogens is 2. The van der Waals surface area contributed by atoms with Crippen molar-refractivity contribution in [1.29, 1.82) is 0 Å². The molecule has 0 bridgehead atoms. The van der Waals surface area contributed by atoms with Crippen molar-refractivity contribution in [2.75, 3.05) is 17.2 Å². The van der Waals surface area contributed by atoms with Crippen molar-refractivity contribution in [3.8, 4) is 0 Å². The van der Waals surface area contributed by atoms with E-state index in [1.54, 1.807) is 6.20 Å². The van der Waals surface area contributed by atoms with E-state index in [-0.39, 0.29) is 0 Å². The Balaban J connectivity index is 1.98. The fourth-order valence-corrected chi connectivity index (χ4v) is 2.75. The van der Waals surface area contributed by atoms with E-state index >= 15 is 0 Å². The van der Waals surface area contributed by atoms with Gasteiger partial charge in [-0.05, 0) is 24.7 Å². The molecule has 106 valence electrons. The number of hydrogen-bond donors (Lipinski definition) is 2. The number of hydrogen-bond acceptors (Lipinski definition) is 4. The van der Waals surface area contributed by atoms with E-state index in [1.165, 1.54) is 19.3 Å². The Morgan fingerprint density at radius 3 is 2.79 bits per heavy atom. The maximum Gasteiger partial charge on any atom is 0.147 e. The van der Waals surface area contributed by atoms with Gasteiger partial charge in [-0.25, -0.2) is 4.98 Å². The van der Waals surface area contributed by atoms with Crippen molar-refractivity contribution in [3.63, 3.8) is 0 Å². The summed E-state index contributed by atoms with van der Waals surface area (Å²) in [5.74, 6) is 3.25. The van der Waals surface area contributed by atoms with E-state index in [2.05, 4.69) is 41.4 Å². The minimum atomic E-state index is 0.527. The third-order valence-electron chi connectivity index (χ3n) is 4.23. The summed E-state index contributed by atoms with van der Waals surface area (Å²) in [6, 6.07) is 0.527. The van der Waals surface area contributed by atoms with Crippen molar-refractivity contribution >= 4 is 11.6 Å². The number of rotatable bonds is 5. The van der Waals surface area contributed by atoms with Crippen LogP contribution in [0, 0.1) is 11.8 Å². The highest BCUT2D eigenvalue weighted by Gasteiger charge is 2.27. The quantitative estimate of drug-likeness (QED) is 0.852. The van der Waals surface area contributed by atoms with E-state index in [9.17, 15) is 0 Å². The van der Waals surface area contributed by atoms with Crippen LogP contribution < -0.4 is 10.6 Å². The van der Waals surface area contributed by atoms with Crippen molar-refractivity contribution in [2.24, 2.45) is 11.8 Å². The lowest BCUT2D eigenvalue weighted by Gasteiger charge is -2.34. The van der Waals surface area contributed by atoms with Crippen molar-refractivity contribution in [1.82, 2.24) is 9.97 Å². The van der Waals surface area contributed by atoms with E-state index < -0.39 is 0 Å². The van der Waals surface area contributed by atoms with Crippen molar-refractivity contribution < 1.29 is 0 Å². The smallest absolute Gasteiger partial charge is 0.147 e. The molecule has 0 amide bonds. The zero-order valence-corrected chi connectivity index (χ0v) is 12.3.